The van der Waals surface area contributed by atoms with Crippen molar-refractivity contribution >= 4 is 45.2 Å². The summed E-state index contributed by atoms with van der Waals surface area (Å²) in [5, 5.41) is 1.72. The van der Waals surface area contributed by atoms with Crippen LogP contribution in [0.3, 0.4) is 0 Å². The highest BCUT2D eigenvalue weighted by Gasteiger charge is 2.03. The lowest BCUT2D eigenvalue weighted by atomic mass is 10.2. The summed E-state index contributed by atoms with van der Waals surface area (Å²) < 4.78 is 1.12. The molecular formula is C9H8ClIN2. The molecule has 0 saturated heterocycles. The Bertz CT molecular complexity index is 424. The molecule has 2 heterocycles. The molecule has 0 bridgehead atoms. The van der Waals surface area contributed by atoms with Gasteiger partial charge in [-0.15, -0.1) is 0 Å². The van der Waals surface area contributed by atoms with Gasteiger partial charge in [0.2, 0.25) is 0 Å². The molecule has 0 amide bonds. The maximum absolute atomic E-state index is 5.77. The fourth-order valence-corrected chi connectivity index (χ4v) is 2.07. The van der Waals surface area contributed by atoms with Crippen LogP contribution in [0.4, 0.5) is 0 Å². The number of nitrogens with one attached hydrogen (secondary N) is 1. The minimum atomic E-state index is 0.537. The van der Waals surface area contributed by atoms with Crippen molar-refractivity contribution < 1.29 is 0 Å². The average Bonchev–Trinajstić information content (AvgIpc) is 2.49. The Labute approximate surface area is 94.8 Å². The Kier molecular flexibility index (Phi) is 2.74. The largest absolute Gasteiger partial charge is 0.346 e. The van der Waals surface area contributed by atoms with Gasteiger partial charge in [0, 0.05) is 16.0 Å². The van der Waals surface area contributed by atoms with Crippen molar-refractivity contribution in [3.63, 3.8) is 0 Å². The number of hydrogen-bond donors (Lipinski definition) is 1. The Morgan fingerprint density at radius 3 is 3.08 bits per heavy atom. The average molecular weight is 307 g/mol. The van der Waals surface area contributed by atoms with Crippen LogP contribution in [0, 0.1) is 0 Å². The van der Waals surface area contributed by atoms with E-state index in [1.165, 1.54) is 10.9 Å². The van der Waals surface area contributed by atoms with E-state index >= 15 is 0 Å². The third-order valence-electron chi connectivity index (χ3n) is 1.95. The second-order valence-corrected chi connectivity index (χ2v) is 4.25. The molecule has 0 unspecified atom stereocenters. The van der Waals surface area contributed by atoms with E-state index in [1.807, 2.05) is 18.3 Å². The molecule has 0 atom stereocenters. The molecule has 4 heteroatoms. The Morgan fingerprint density at radius 2 is 2.31 bits per heavy atom. The molecule has 0 aromatic carbocycles. The molecule has 0 fully saturated rings. The molecule has 2 aromatic rings. The van der Waals surface area contributed by atoms with Crippen LogP contribution in [0.1, 0.15) is 5.56 Å². The van der Waals surface area contributed by atoms with Gasteiger partial charge >= 0.3 is 0 Å². The molecule has 13 heavy (non-hydrogen) atoms. The number of halogens is 2. The summed E-state index contributed by atoms with van der Waals surface area (Å²) in [5.74, 6) is 0. The number of H-pyrrole nitrogens is 1. The van der Waals surface area contributed by atoms with Gasteiger partial charge < -0.3 is 4.98 Å². The fraction of sp³-hybridized carbons (Fsp3) is 0.222. The molecule has 0 saturated carbocycles. The zero-order valence-corrected chi connectivity index (χ0v) is 9.76. The molecule has 0 aliphatic carbocycles. The van der Waals surface area contributed by atoms with Gasteiger partial charge in [0.1, 0.15) is 10.8 Å². The number of fused-ring (bicyclic) bond motifs is 1. The molecule has 0 spiro atoms. The van der Waals surface area contributed by atoms with E-state index in [9.17, 15) is 0 Å². The molecule has 0 radical (unpaired) electrons. The maximum atomic E-state index is 5.77. The van der Waals surface area contributed by atoms with E-state index in [0.717, 1.165) is 16.5 Å². The van der Waals surface area contributed by atoms with Crippen molar-refractivity contribution in [2.24, 2.45) is 0 Å². The predicted molar refractivity (Wildman–Crippen MR) is 63.7 cm³/mol. The zero-order valence-electron chi connectivity index (χ0n) is 6.85. The minimum absolute atomic E-state index is 0.537. The number of aromatic amines is 1. The highest BCUT2D eigenvalue weighted by Crippen LogP contribution is 2.19. The van der Waals surface area contributed by atoms with Crippen LogP contribution >= 0.6 is 34.2 Å². The summed E-state index contributed by atoms with van der Waals surface area (Å²) in [7, 11) is 0. The standard InChI is InChI=1S/C9H8ClIN2/c10-8-2-1-7-6(3-4-11)5-12-9(7)13-8/h1-2,5H,3-4H2,(H,12,13). The van der Waals surface area contributed by atoms with Gasteiger partial charge in [0.15, 0.2) is 0 Å². The van der Waals surface area contributed by atoms with Crippen molar-refractivity contribution in [1.29, 1.82) is 0 Å². The lowest BCUT2D eigenvalue weighted by molar-refractivity contribution is 1.19. The van der Waals surface area contributed by atoms with Crippen LogP contribution in [0.15, 0.2) is 18.3 Å². The summed E-state index contributed by atoms with van der Waals surface area (Å²) in [5.41, 5.74) is 2.20. The van der Waals surface area contributed by atoms with E-state index in [2.05, 4.69) is 32.6 Å². The van der Waals surface area contributed by atoms with Crippen LogP contribution in [-0.4, -0.2) is 14.4 Å². The quantitative estimate of drug-likeness (QED) is 0.515. The van der Waals surface area contributed by atoms with Gasteiger partial charge in [-0.05, 0) is 24.1 Å². The molecule has 2 aromatic heterocycles. The number of rotatable bonds is 2. The van der Waals surface area contributed by atoms with Gasteiger partial charge in [-0.3, -0.25) is 0 Å². The third kappa shape index (κ3) is 1.81. The first-order chi connectivity index (χ1) is 6.31. The first-order valence-corrected chi connectivity index (χ1v) is 5.90. The van der Waals surface area contributed by atoms with Gasteiger partial charge in [0.05, 0.1) is 0 Å². The predicted octanol–water partition coefficient (Wildman–Crippen LogP) is 3.19. The summed E-state index contributed by atoms with van der Waals surface area (Å²) in [4.78, 5) is 7.30. The van der Waals surface area contributed by atoms with E-state index in [1.54, 1.807) is 0 Å². The van der Waals surface area contributed by atoms with Crippen molar-refractivity contribution in [3.05, 3.63) is 29.0 Å². The van der Waals surface area contributed by atoms with Crippen LogP contribution in [0.2, 0.25) is 5.15 Å². The number of pyridine rings is 1. The van der Waals surface area contributed by atoms with Crippen molar-refractivity contribution in [1.82, 2.24) is 9.97 Å². The molecule has 0 aliphatic rings. The Hall–Kier alpha value is -0.290. The third-order valence-corrected chi connectivity index (χ3v) is 2.70. The monoisotopic (exact) mass is 306 g/mol. The molecule has 2 nitrogen and oxygen atoms in total. The topological polar surface area (TPSA) is 28.7 Å². The van der Waals surface area contributed by atoms with Gasteiger partial charge in [-0.25, -0.2) is 4.98 Å². The van der Waals surface area contributed by atoms with E-state index < -0.39 is 0 Å². The van der Waals surface area contributed by atoms with Gasteiger partial charge in [0.25, 0.3) is 0 Å². The molecule has 2 rings (SSSR count). The molecule has 1 N–H and O–H groups in total. The first kappa shape index (κ1) is 9.27. The van der Waals surface area contributed by atoms with Crippen LogP contribution < -0.4 is 0 Å². The van der Waals surface area contributed by atoms with Crippen LogP contribution in [0.25, 0.3) is 11.0 Å². The number of hydrogen-bond acceptors (Lipinski definition) is 1. The maximum Gasteiger partial charge on any atom is 0.139 e. The highest BCUT2D eigenvalue weighted by molar-refractivity contribution is 14.1. The van der Waals surface area contributed by atoms with Crippen molar-refractivity contribution in [3.8, 4) is 0 Å². The molecule has 68 valence electrons. The van der Waals surface area contributed by atoms with E-state index in [0.29, 0.717) is 5.15 Å². The lowest BCUT2D eigenvalue weighted by Gasteiger charge is -1.94. The van der Waals surface area contributed by atoms with Crippen LogP contribution in [0.5, 0.6) is 0 Å². The first-order valence-electron chi connectivity index (χ1n) is 4.00. The van der Waals surface area contributed by atoms with Gasteiger partial charge in [-0.2, -0.15) is 0 Å². The molecule has 0 aliphatic heterocycles. The number of nitrogens with zero attached hydrogens (tertiary/aromatic N) is 1. The smallest absolute Gasteiger partial charge is 0.139 e. The Balaban J connectivity index is 2.55. The van der Waals surface area contributed by atoms with E-state index in [4.69, 9.17) is 11.6 Å². The summed E-state index contributed by atoms with van der Waals surface area (Å²) in [6, 6.07) is 3.84. The van der Waals surface area contributed by atoms with Gasteiger partial charge in [-0.1, -0.05) is 34.2 Å². The van der Waals surface area contributed by atoms with Crippen LogP contribution in [-0.2, 0) is 6.42 Å². The summed E-state index contributed by atoms with van der Waals surface area (Å²) in [6.45, 7) is 0. The second-order valence-electron chi connectivity index (χ2n) is 2.78. The number of alkyl halides is 1. The SMILES string of the molecule is Clc1ccc2c(CCI)c[nH]c2n1. The zero-order chi connectivity index (χ0) is 9.26. The normalized spacial score (nSPS) is 10.9. The summed E-state index contributed by atoms with van der Waals surface area (Å²) >= 11 is 8.14. The highest BCUT2D eigenvalue weighted by atomic mass is 127. The lowest BCUT2D eigenvalue weighted by Crippen LogP contribution is -1.82. The second kappa shape index (κ2) is 3.84. The fourth-order valence-electron chi connectivity index (χ4n) is 1.35. The van der Waals surface area contributed by atoms with E-state index in [-0.39, 0.29) is 0 Å². The van der Waals surface area contributed by atoms with Crippen molar-refractivity contribution in [2.45, 2.75) is 6.42 Å². The number of aromatic nitrogens is 2. The minimum Gasteiger partial charge on any atom is -0.346 e. The summed E-state index contributed by atoms with van der Waals surface area (Å²) in [6.07, 6.45) is 3.08. The Morgan fingerprint density at radius 1 is 1.46 bits per heavy atom. The molecular weight excluding hydrogens is 298 g/mol. The number of aryl methyl sites for hydroxylation is 1. The van der Waals surface area contributed by atoms with Crippen molar-refractivity contribution in [2.75, 3.05) is 4.43 Å².